The Bertz CT molecular complexity index is 550. The van der Waals surface area contributed by atoms with E-state index in [-0.39, 0.29) is 12.3 Å². The Morgan fingerprint density at radius 2 is 1.86 bits per heavy atom. The van der Waals surface area contributed by atoms with Gasteiger partial charge < -0.3 is 15.2 Å². The molecule has 1 aromatic rings. The van der Waals surface area contributed by atoms with Crippen LogP contribution in [0.25, 0.3) is 0 Å². The minimum atomic E-state index is -4.45. The average molecular weight is 303 g/mol. The van der Waals surface area contributed by atoms with Crippen molar-refractivity contribution in [3.05, 3.63) is 41.6 Å². The second-order valence-corrected chi connectivity index (χ2v) is 3.80. The summed E-state index contributed by atoms with van der Waals surface area (Å²) in [6.07, 6.45) is -3.59. The number of hydrogen-bond acceptors (Lipinski definition) is 4. The van der Waals surface area contributed by atoms with E-state index in [9.17, 15) is 22.8 Å². The van der Waals surface area contributed by atoms with Crippen LogP contribution < -0.4 is 5.32 Å². The summed E-state index contributed by atoms with van der Waals surface area (Å²) >= 11 is 0. The van der Waals surface area contributed by atoms with Crippen LogP contribution in [0, 0.1) is 0 Å². The molecule has 21 heavy (non-hydrogen) atoms. The summed E-state index contributed by atoms with van der Waals surface area (Å²) in [6, 6.07) is 3.90. The lowest BCUT2D eigenvalue weighted by Crippen LogP contribution is -2.16. The third-order valence-corrected chi connectivity index (χ3v) is 2.32. The topological polar surface area (TPSA) is 75.6 Å². The number of rotatable bonds is 5. The van der Waals surface area contributed by atoms with E-state index < -0.39 is 29.3 Å². The molecule has 0 aliphatic carbocycles. The molecule has 0 heterocycles. The van der Waals surface area contributed by atoms with Gasteiger partial charge in [-0.15, -0.1) is 0 Å². The van der Waals surface area contributed by atoms with Gasteiger partial charge in [-0.3, -0.25) is 0 Å². The Labute approximate surface area is 118 Å². The predicted molar refractivity (Wildman–Crippen MR) is 67.4 cm³/mol. The first-order valence-corrected chi connectivity index (χ1v) is 5.80. The average Bonchev–Trinajstić information content (AvgIpc) is 2.38. The van der Waals surface area contributed by atoms with Crippen LogP contribution in [-0.4, -0.2) is 23.7 Å². The molecule has 5 nitrogen and oxygen atoms in total. The third kappa shape index (κ3) is 4.83. The van der Waals surface area contributed by atoms with E-state index >= 15 is 0 Å². The Balaban J connectivity index is 2.86. The van der Waals surface area contributed by atoms with E-state index in [0.717, 1.165) is 30.5 Å². The predicted octanol–water partition coefficient (Wildman–Crippen LogP) is 2.65. The molecule has 2 N–H and O–H groups in total. The highest BCUT2D eigenvalue weighted by Crippen LogP contribution is 2.29. The highest BCUT2D eigenvalue weighted by atomic mass is 19.4. The van der Waals surface area contributed by atoms with Gasteiger partial charge in [-0.1, -0.05) is 0 Å². The fraction of sp³-hybridized carbons (Fsp3) is 0.231. The van der Waals surface area contributed by atoms with Crippen LogP contribution in [0.15, 0.2) is 36.0 Å². The highest BCUT2D eigenvalue weighted by molar-refractivity contribution is 6.13. The first kappa shape index (κ1) is 16.5. The molecule has 0 unspecified atom stereocenters. The van der Waals surface area contributed by atoms with E-state index in [2.05, 4.69) is 10.1 Å². The minimum Gasteiger partial charge on any atom is -0.477 e. The summed E-state index contributed by atoms with van der Waals surface area (Å²) < 4.78 is 41.6. The zero-order chi connectivity index (χ0) is 16.0. The fourth-order valence-electron chi connectivity index (χ4n) is 1.33. The lowest BCUT2D eigenvalue weighted by molar-refractivity contribution is -0.144. The third-order valence-electron chi connectivity index (χ3n) is 2.32. The van der Waals surface area contributed by atoms with Crippen molar-refractivity contribution >= 4 is 17.6 Å². The number of carboxylic acid groups (broad SMARTS) is 1. The maximum Gasteiger partial charge on any atom is 0.416 e. The van der Waals surface area contributed by atoms with Crippen LogP contribution >= 0.6 is 0 Å². The molecule has 0 saturated carbocycles. The van der Waals surface area contributed by atoms with Gasteiger partial charge in [0, 0.05) is 11.9 Å². The number of esters is 1. The van der Waals surface area contributed by atoms with Gasteiger partial charge in [0.15, 0.2) is 5.57 Å². The lowest BCUT2D eigenvalue weighted by atomic mass is 10.2. The summed E-state index contributed by atoms with van der Waals surface area (Å²) in [5.74, 6) is -2.54. The standard InChI is InChI=1S/C13H12F3NO4/c1-2-21-12(20)10(11(18)19)7-17-9-5-3-8(4-6-9)13(14,15)16/h3-7,17H,2H2,1H3,(H,18,19). The van der Waals surface area contributed by atoms with Crippen molar-refractivity contribution in [3.8, 4) is 0 Å². The van der Waals surface area contributed by atoms with Gasteiger partial charge in [-0.25, -0.2) is 9.59 Å². The zero-order valence-electron chi connectivity index (χ0n) is 10.9. The maximum absolute atomic E-state index is 12.4. The number of carbonyl (C=O) groups excluding carboxylic acids is 1. The van der Waals surface area contributed by atoms with Crippen molar-refractivity contribution in [3.63, 3.8) is 0 Å². The Morgan fingerprint density at radius 3 is 2.29 bits per heavy atom. The highest BCUT2D eigenvalue weighted by Gasteiger charge is 2.29. The summed E-state index contributed by atoms with van der Waals surface area (Å²) in [5, 5.41) is 11.3. The van der Waals surface area contributed by atoms with Gasteiger partial charge in [0.2, 0.25) is 0 Å². The molecular weight excluding hydrogens is 291 g/mol. The first-order valence-electron chi connectivity index (χ1n) is 5.80. The van der Waals surface area contributed by atoms with Crippen LogP contribution in [0.5, 0.6) is 0 Å². The van der Waals surface area contributed by atoms with Crippen LogP contribution in [0.4, 0.5) is 18.9 Å². The number of alkyl halides is 3. The number of nitrogens with one attached hydrogen (secondary N) is 1. The van der Waals surface area contributed by atoms with Gasteiger partial charge in [0.05, 0.1) is 12.2 Å². The SMILES string of the molecule is CCOC(=O)C(=CNc1ccc(C(F)(F)F)cc1)C(=O)O. The number of benzene rings is 1. The van der Waals surface area contributed by atoms with Gasteiger partial charge >= 0.3 is 18.1 Å². The van der Waals surface area contributed by atoms with E-state index in [1.54, 1.807) is 0 Å². The molecule has 0 amide bonds. The van der Waals surface area contributed by atoms with Crippen LogP contribution in [0.1, 0.15) is 12.5 Å². The van der Waals surface area contributed by atoms with Crippen molar-refractivity contribution in [1.29, 1.82) is 0 Å². The quantitative estimate of drug-likeness (QED) is 0.378. The van der Waals surface area contributed by atoms with Crippen molar-refractivity contribution < 1.29 is 32.6 Å². The van der Waals surface area contributed by atoms with Crippen LogP contribution in [-0.2, 0) is 20.5 Å². The number of hydrogen-bond donors (Lipinski definition) is 2. The summed E-state index contributed by atoms with van der Waals surface area (Å²) in [5.41, 5.74) is -1.29. The second-order valence-electron chi connectivity index (χ2n) is 3.80. The van der Waals surface area contributed by atoms with Gasteiger partial charge in [-0.2, -0.15) is 13.2 Å². The first-order chi connectivity index (χ1) is 9.75. The second kappa shape index (κ2) is 6.78. The lowest BCUT2D eigenvalue weighted by Gasteiger charge is -2.08. The van der Waals surface area contributed by atoms with Crippen molar-refractivity contribution in [2.75, 3.05) is 11.9 Å². The molecule has 0 spiro atoms. The number of aliphatic carboxylic acids is 1. The maximum atomic E-state index is 12.4. The smallest absolute Gasteiger partial charge is 0.416 e. The monoisotopic (exact) mass is 303 g/mol. The van der Waals surface area contributed by atoms with Gasteiger partial charge in [0.25, 0.3) is 0 Å². The molecule has 0 fully saturated rings. The van der Waals surface area contributed by atoms with Crippen LogP contribution in [0.3, 0.4) is 0 Å². The summed E-state index contributed by atoms with van der Waals surface area (Å²) in [6.45, 7) is 1.52. The molecule has 0 aromatic heterocycles. The normalized spacial score (nSPS) is 11.9. The van der Waals surface area contributed by atoms with E-state index in [1.165, 1.54) is 6.92 Å². The molecule has 1 rings (SSSR count). The fourth-order valence-corrected chi connectivity index (χ4v) is 1.33. The number of anilines is 1. The minimum absolute atomic E-state index is 0.00370. The number of carbonyl (C=O) groups is 2. The summed E-state index contributed by atoms with van der Waals surface area (Å²) in [7, 11) is 0. The van der Waals surface area contributed by atoms with E-state index in [1.807, 2.05) is 0 Å². The Kier molecular flexibility index (Phi) is 5.34. The molecule has 1 aromatic carbocycles. The Morgan fingerprint density at radius 1 is 1.29 bits per heavy atom. The zero-order valence-corrected chi connectivity index (χ0v) is 10.9. The number of halogens is 3. The molecule has 0 saturated heterocycles. The van der Waals surface area contributed by atoms with Crippen LogP contribution in [0.2, 0.25) is 0 Å². The van der Waals surface area contributed by atoms with Crippen molar-refractivity contribution in [2.24, 2.45) is 0 Å². The number of carboxylic acids is 1. The van der Waals surface area contributed by atoms with Crippen molar-refractivity contribution in [2.45, 2.75) is 13.1 Å². The molecule has 0 aliphatic heterocycles. The van der Waals surface area contributed by atoms with Crippen molar-refractivity contribution in [1.82, 2.24) is 0 Å². The molecule has 0 bridgehead atoms. The number of ether oxygens (including phenoxy) is 1. The molecule has 0 radical (unpaired) electrons. The molecule has 114 valence electrons. The van der Waals surface area contributed by atoms with Gasteiger partial charge in [0.1, 0.15) is 0 Å². The largest absolute Gasteiger partial charge is 0.477 e. The van der Waals surface area contributed by atoms with Gasteiger partial charge in [-0.05, 0) is 31.2 Å². The van der Waals surface area contributed by atoms with E-state index in [0.29, 0.717) is 0 Å². The molecule has 0 atom stereocenters. The molecule has 8 heteroatoms. The molecule has 0 aliphatic rings. The summed E-state index contributed by atoms with van der Waals surface area (Å²) in [4.78, 5) is 22.2. The Hall–Kier alpha value is -2.51. The molecular formula is C13H12F3NO4. The van der Waals surface area contributed by atoms with E-state index in [4.69, 9.17) is 5.11 Å².